The van der Waals surface area contributed by atoms with Crippen molar-refractivity contribution in [2.75, 3.05) is 18.0 Å². The van der Waals surface area contributed by atoms with Gasteiger partial charge in [-0.15, -0.1) is 0 Å². The van der Waals surface area contributed by atoms with Crippen molar-refractivity contribution in [3.05, 3.63) is 35.7 Å². The minimum absolute atomic E-state index is 0.135. The summed E-state index contributed by atoms with van der Waals surface area (Å²) in [5.41, 5.74) is 1.82. The molecule has 1 aromatic carbocycles. The SMILES string of the molecule is [C-]#[N+]c1ccc(N2CCC(O)CC2)cc1. The predicted molar refractivity (Wildman–Crippen MR) is 60.2 cm³/mol. The Morgan fingerprint density at radius 1 is 1.20 bits per heavy atom. The van der Waals surface area contributed by atoms with Crippen molar-refractivity contribution in [1.29, 1.82) is 0 Å². The van der Waals surface area contributed by atoms with Crippen LogP contribution in [0, 0.1) is 6.57 Å². The summed E-state index contributed by atoms with van der Waals surface area (Å²) in [5, 5.41) is 9.39. The second-order valence-corrected chi connectivity index (χ2v) is 3.85. The Bertz CT molecular complexity index is 358. The number of aliphatic hydroxyl groups is 1. The molecule has 0 unspecified atom stereocenters. The van der Waals surface area contributed by atoms with Gasteiger partial charge in [0.1, 0.15) is 0 Å². The van der Waals surface area contributed by atoms with Crippen LogP contribution in [0.4, 0.5) is 11.4 Å². The third kappa shape index (κ3) is 2.28. The van der Waals surface area contributed by atoms with Gasteiger partial charge in [-0.2, -0.15) is 0 Å². The Hall–Kier alpha value is -1.53. The monoisotopic (exact) mass is 202 g/mol. The molecular weight excluding hydrogens is 188 g/mol. The second kappa shape index (κ2) is 4.33. The molecule has 0 aliphatic carbocycles. The molecule has 1 saturated heterocycles. The van der Waals surface area contributed by atoms with Gasteiger partial charge >= 0.3 is 0 Å². The van der Waals surface area contributed by atoms with Gasteiger partial charge in [-0.25, -0.2) is 4.85 Å². The van der Waals surface area contributed by atoms with E-state index in [-0.39, 0.29) is 6.10 Å². The van der Waals surface area contributed by atoms with Crippen LogP contribution in [-0.2, 0) is 0 Å². The molecule has 0 radical (unpaired) electrons. The standard InChI is InChI=1S/C12H14N2O/c1-13-10-2-4-11(5-3-10)14-8-6-12(15)7-9-14/h2-5,12,15H,6-9H2. The first-order chi connectivity index (χ1) is 7.29. The van der Waals surface area contributed by atoms with Crippen LogP contribution < -0.4 is 4.90 Å². The van der Waals surface area contributed by atoms with Gasteiger partial charge in [0.25, 0.3) is 0 Å². The van der Waals surface area contributed by atoms with Crippen molar-refractivity contribution < 1.29 is 5.11 Å². The van der Waals surface area contributed by atoms with Gasteiger partial charge in [-0.1, -0.05) is 12.1 Å². The lowest BCUT2D eigenvalue weighted by Gasteiger charge is -2.31. The molecule has 0 atom stereocenters. The second-order valence-electron chi connectivity index (χ2n) is 3.85. The molecule has 78 valence electrons. The van der Waals surface area contributed by atoms with E-state index in [4.69, 9.17) is 6.57 Å². The molecule has 0 amide bonds. The summed E-state index contributed by atoms with van der Waals surface area (Å²) in [6.07, 6.45) is 1.54. The smallest absolute Gasteiger partial charge is 0.187 e. The molecule has 15 heavy (non-hydrogen) atoms. The fourth-order valence-electron chi connectivity index (χ4n) is 1.86. The maximum atomic E-state index is 9.39. The minimum Gasteiger partial charge on any atom is -0.393 e. The van der Waals surface area contributed by atoms with Crippen molar-refractivity contribution in [2.45, 2.75) is 18.9 Å². The molecule has 0 aromatic heterocycles. The molecule has 0 spiro atoms. The summed E-state index contributed by atoms with van der Waals surface area (Å²) in [5.74, 6) is 0. The van der Waals surface area contributed by atoms with Crippen molar-refractivity contribution >= 4 is 11.4 Å². The molecule has 1 fully saturated rings. The Morgan fingerprint density at radius 2 is 1.80 bits per heavy atom. The highest BCUT2D eigenvalue weighted by Crippen LogP contribution is 2.22. The maximum absolute atomic E-state index is 9.39. The van der Waals surface area contributed by atoms with Crippen molar-refractivity contribution in [1.82, 2.24) is 0 Å². The van der Waals surface area contributed by atoms with E-state index in [0.29, 0.717) is 5.69 Å². The summed E-state index contributed by atoms with van der Waals surface area (Å²) in [6, 6.07) is 7.64. The molecule has 3 nitrogen and oxygen atoms in total. The predicted octanol–water partition coefficient (Wildman–Crippen LogP) is 2.20. The maximum Gasteiger partial charge on any atom is 0.187 e. The van der Waals surface area contributed by atoms with Crippen LogP contribution >= 0.6 is 0 Å². The van der Waals surface area contributed by atoms with E-state index in [1.807, 2.05) is 24.3 Å². The number of aliphatic hydroxyl groups excluding tert-OH is 1. The Labute approximate surface area is 89.8 Å². The lowest BCUT2D eigenvalue weighted by molar-refractivity contribution is 0.145. The summed E-state index contributed by atoms with van der Waals surface area (Å²) in [6.45, 7) is 8.67. The third-order valence-electron chi connectivity index (χ3n) is 2.81. The van der Waals surface area contributed by atoms with Gasteiger partial charge in [-0.3, -0.25) is 0 Å². The Kier molecular flexibility index (Phi) is 2.89. The number of rotatable bonds is 1. The molecule has 3 heteroatoms. The lowest BCUT2D eigenvalue weighted by Crippen LogP contribution is -2.35. The van der Waals surface area contributed by atoms with Gasteiger partial charge in [0.05, 0.1) is 12.7 Å². The van der Waals surface area contributed by atoms with Crippen molar-refractivity contribution in [3.8, 4) is 0 Å². The molecular formula is C12H14N2O. The number of piperidine rings is 1. The molecule has 1 heterocycles. The number of anilines is 1. The van der Waals surface area contributed by atoms with E-state index in [1.54, 1.807) is 0 Å². The van der Waals surface area contributed by atoms with E-state index < -0.39 is 0 Å². The molecule has 1 aliphatic heterocycles. The van der Waals surface area contributed by atoms with Crippen LogP contribution in [0.15, 0.2) is 24.3 Å². The van der Waals surface area contributed by atoms with Crippen LogP contribution in [0.25, 0.3) is 4.85 Å². The average molecular weight is 202 g/mol. The van der Waals surface area contributed by atoms with Crippen molar-refractivity contribution in [3.63, 3.8) is 0 Å². The zero-order chi connectivity index (χ0) is 10.7. The van der Waals surface area contributed by atoms with Gasteiger partial charge in [0, 0.05) is 18.8 Å². The number of hydrogen-bond acceptors (Lipinski definition) is 2. The van der Waals surface area contributed by atoms with Crippen LogP contribution in [0.2, 0.25) is 0 Å². The van der Waals surface area contributed by atoms with E-state index in [1.165, 1.54) is 0 Å². The quantitative estimate of drug-likeness (QED) is 0.707. The van der Waals surface area contributed by atoms with Crippen LogP contribution in [-0.4, -0.2) is 24.3 Å². The lowest BCUT2D eigenvalue weighted by atomic mass is 10.1. The van der Waals surface area contributed by atoms with Crippen molar-refractivity contribution in [2.24, 2.45) is 0 Å². The number of hydrogen-bond donors (Lipinski definition) is 1. The summed E-state index contributed by atoms with van der Waals surface area (Å²) in [7, 11) is 0. The summed E-state index contributed by atoms with van der Waals surface area (Å²) < 4.78 is 0. The highest BCUT2D eigenvalue weighted by atomic mass is 16.3. The zero-order valence-corrected chi connectivity index (χ0v) is 8.56. The fourth-order valence-corrected chi connectivity index (χ4v) is 1.86. The summed E-state index contributed by atoms with van der Waals surface area (Å²) in [4.78, 5) is 5.61. The van der Waals surface area contributed by atoms with Gasteiger partial charge < -0.3 is 10.0 Å². The zero-order valence-electron chi connectivity index (χ0n) is 8.56. The third-order valence-corrected chi connectivity index (χ3v) is 2.81. The first kappa shape index (κ1) is 10.0. The first-order valence-electron chi connectivity index (χ1n) is 5.20. The Morgan fingerprint density at radius 3 is 2.33 bits per heavy atom. The molecule has 1 N–H and O–H groups in total. The molecule has 0 saturated carbocycles. The van der Waals surface area contributed by atoms with Crippen LogP contribution in [0.1, 0.15) is 12.8 Å². The average Bonchev–Trinajstić information content (AvgIpc) is 2.30. The van der Waals surface area contributed by atoms with E-state index >= 15 is 0 Å². The number of nitrogens with zero attached hydrogens (tertiary/aromatic N) is 2. The van der Waals surface area contributed by atoms with Crippen LogP contribution in [0.5, 0.6) is 0 Å². The molecule has 1 aromatic rings. The summed E-state index contributed by atoms with van der Waals surface area (Å²) >= 11 is 0. The van der Waals surface area contributed by atoms with Gasteiger partial charge in [0.2, 0.25) is 0 Å². The van der Waals surface area contributed by atoms with E-state index in [0.717, 1.165) is 31.6 Å². The first-order valence-corrected chi connectivity index (χ1v) is 5.20. The fraction of sp³-hybridized carbons (Fsp3) is 0.417. The molecule has 0 bridgehead atoms. The molecule has 1 aliphatic rings. The Balaban J connectivity index is 2.07. The topological polar surface area (TPSA) is 27.8 Å². The highest BCUT2D eigenvalue weighted by Gasteiger charge is 2.16. The van der Waals surface area contributed by atoms with Gasteiger partial charge in [0.15, 0.2) is 5.69 Å². The normalized spacial score (nSPS) is 17.5. The van der Waals surface area contributed by atoms with Crippen LogP contribution in [0.3, 0.4) is 0 Å². The molecule has 2 rings (SSSR count). The van der Waals surface area contributed by atoms with E-state index in [9.17, 15) is 5.11 Å². The van der Waals surface area contributed by atoms with E-state index in [2.05, 4.69) is 9.74 Å². The minimum atomic E-state index is -0.135. The number of benzene rings is 1. The van der Waals surface area contributed by atoms with Gasteiger partial charge in [-0.05, 0) is 25.0 Å². The highest BCUT2D eigenvalue weighted by molar-refractivity contribution is 5.55. The largest absolute Gasteiger partial charge is 0.393 e.